The molecule has 10 rings (SSSR count). The average Bonchev–Trinajstić information content (AvgIpc) is 4.05. The highest BCUT2D eigenvalue weighted by Crippen LogP contribution is 2.41. The summed E-state index contributed by atoms with van der Waals surface area (Å²) in [6.07, 6.45) is 8.64. The third-order valence-electron chi connectivity index (χ3n) is 10.6. The number of aliphatic hydroxyl groups is 1. The molecule has 4 saturated heterocycles. The van der Waals surface area contributed by atoms with Crippen LogP contribution in [0.4, 0.5) is 47.6 Å². The van der Waals surface area contributed by atoms with Crippen molar-refractivity contribution in [2.24, 2.45) is 0 Å². The van der Waals surface area contributed by atoms with Gasteiger partial charge in [-0.1, -0.05) is 23.2 Å². The second kappa shape index (κ2) is 17.5. The van der Waals surface area contributed by atoms with Crippen molar-refractivity contribution in [3.8, 4) is 5.75 Å². The highest BCUT2D eigenvalue weighted by molar-refractivity contribution is 6.31. The second-order valence-electron chi connectivity index (χ2n) is 14.6. The SMILES string of the molecule is O=[N+]([O-])c1cc2c(Nc3ccc(F)c(Cl)c3)ncnc2cc1F.O=[N+]([O-])c1cc2c(Nc3ccc(F)c(Cl)c3)ncnc2cc1OC1CC2CCC1O2.OC1CC2CCC1O2. The van der Waals surface area contributed by atoms with E-state index in [1.165, 1.54) is 55.5 Å². The van der Waals surface area contributed by atoms with Crippen molar-refractivity contribution in [3.63, 3.8) is 0 Å². The Kier molecular flexibility index (Phi) is 12.0. The lowest BCUT2D eigenvalue weighted by Gasteiger charge is -2.20. The van der Waals surface area contributed by atoms with Crippen LogP contribution in [-0.2, 0) is 9.47 Å². The fourth-order valence-corrected chi connectivity index (χ4v) is 7.99. The summed E-state index contributed by atoms with van der Waals surface area (Å²) in [6.45, 7) is 0. The van der Waals surface area contributed by atoms with Gasteiger partial charge in [-0.25, -0.2) is 28.7 Å². The molecule has 0 amide bonds. The zero-order chi connectivity index (χ0) is 42.9. The zero-order valence-corrected chi connectivity index (χ0v) is 33.0. The van der Waals surface area contributed by atoms with Crippen LogP contribution in [0.15, 0.2) is 73.3 Å². The van der Waals surface area contributed by atoms with Gasteiger partial charge in [0.1, 0.15) is 42.0 Å². The molecule has 316 valence electrons. The maximum atomic E-state index is 13.6. The van der Waals surface area contributed by atoms with Crippen LogP contribution in [0, 0.1) is 37.7 Å². The van der Waals surface area contributed by atoms with Crippen molar-refractivity contribution in [2.75, 3.05) is 10.6 Å². The van der Waals surface area contributed by atoms with E-state index in [4.69, 9.17) is 42.5 Å². The molecule has 16 nitrogen and oxygen atoms in total. The number of nitrogens with zero attached hydrogens (tertiary/aromatic N) is 6. The summed E-state index contributed by atoms with van der Waals surface area (Å²) in [4.78, 5) is 37.5. The predicted octanol–water partition coefficient (Wildman–Crippen LogP) is 9.28. The Morgan fingerprint density at radius 1 is 0.672 bits per heavy atom. The monoisotopic (exact) mass is 880 g/mol. The molecule has 4 fully saturated rings. The van der Waals surface area contributed by atoms with Crippen molar-refractivity contribution in [1.82, 2.24) is 19.9 Å². The first-order chi connectivity index (χ1) is 29.3. The van der Waals surface area contributed by atoms with Crippen LogP contribution in [0.5, 0.6) is 5.75 Å². The molecular weight excluding hydrogens is 848 g/mol. The van der Waals surface area contributed by atoms with Crippen LogP contribution in [0.25, 0.3) is 21.8 Å². The second-order valence-corrected chi connectivity index (χ2v) is 15.4. The van der Waals surface area contributed by atoms with Gasteiger partial charge in [0.25, 0.3) is 0 Å². The van der Waals surface area contributed by atoms with E-state index in [1.54, 1.807) is 6.07 Å². The quantitative estimate of drug-likeness (QED) is 0.0961. The van der Waals surface area contributed by atoms with E-state index in [2.05, 4.69) is 30.6 Å². The molecular formula is C40H33Cl2F3N8O8. The molecule has 2 aromatic heterocycles. The number of nitro groups is 2. The minimum Gasteiger partial charge on any atom is -0.481 e. The summed E-state index contributed by atoms with van der Waals surface area (Å²) in [7, 11) is 0. The van der Waals surface area contributed by atoms with Crippen LogP contribution in [0.3, 0.4) is 0 Å². The Bertz CT molecular complexity index is 2670. The van der Waals surface area contributed by atoms with Crippen LogP contribution < -0.4 is 15.4 Å². The normalized spacial score (nSPS) is 22.0. The molecule has 21 heteroatoms. The Hall–Kier alpha value is -5.99. The summed E-state index contributed by atoms with van der Waals surface area (Å²) < 4.78 is 57.3. The number of ether oxygens (including phenoxy) is 3. The minimum atomic E-state index is -0.989. The third-order valence-corrected chi connectivity index (χ3v) is 11.2. The molecule has 6 aromatic rings. The van der Waals surface area contributed by atoms with E-state index in [0.717, 1.165) is 50.3 Å². The lowest BCUT2D eigenvalue weighted by molar-refractivity contribution is -0.387. The number of halogens is 5. The highest BCUT2D eigenvalue weighted by Gasteiger charge is 2.43. The van der Waals surface area contributed by atoms with E-state index in [-0.39, 0.29) is 68.7 Å². The fourth-order valence-electron chi connectivity index (χ4n) is 7.63. The van der Waals surface area contributed by atoms with Crippen LogP contribution in [0.2, 0.25) is 10.0 Å². The van der Waals surface area contributed by atoms with Crippen LogP contribution in [0.1, 0.15) is 38.5 Å². The first-order valence-electron chi connectivity index (χ1n) is 18.9. The molecule has 6 atom stereocenters. The van der Waals surface area contributed by atoms with Gasteiger partial charge >= 0.3 is 11.4 Å². The molecule has 0 saturated carbocycles. The largest absolute Gasteiger partial charge is 0.481 e. The summed E-state index contributed by atoms with van der Waals surface area (Å²) in [5, 5.41) is 38.1. The van der Waals surface area contributed by atoms with Gasteiger partial charge < -0.3 is 30.0 Å². The van der Waals surface area contributed by atoms with Gasteiger partial charge in [0.2, 0.25) is 5.82 Å². The number of aromatic nitrogens is 4. The molecule has 6 unspecified atom stereocenters. The van der Waals surface area contributed by atoms with E-state index in [0.29, 0.717) is 34.2 Å². The Morgan fingerprint density at radius 3 is 1.64 bits per heavy atom. The molecule has 4 aliphatic heterocycles. The zero-order valence-electron chi connectivity index (χ0n) is 31.5. The van der Waals surface area contributed by atoms with Gasteiger partial charge in [-0.2, -0.15) is 4.39 Å². The Labute approximate surface area is 353 Å². The molecule has 0 spiro atoms. The first-order valence-corrected chi connectivity index (χ1v) is 19.7. The topological polar surface area (TPSA) is 210 Å². The Balaban J connectivity index is 0.000000145. The number of anilines is 4. The van der Waals surface area contributed by atoms with E-state index in [1.807, 2.05) is 0 Å². The number of hydrogen-bond acceptors (Lipinski definition) is 14. The highest BCUT2D eigenvalue weighted by atomic mass is 35.5. The van der Waals surface area contributed by atoms with Gasteiger partial charge in [-0.15, -0.1) is 0 Å². The van der Waals surface area contributed by atoms with Gasteiger partial charge in [0.05, 0.1) is 72.2 Å². The van der Waals surface area contributed by atoms with Crippen molar-refractivity contribution in [2.45, 2.75) is 75.1 Å². The smallest absolute Gasteiger partial charge is 0.311 e. The summed E-state index contributed by atoms with van der Waals surface area (Å²) in [5.41, 5.74) is 0.712. The molecule has 4 aromatic carbocycles. The molecule has 4 aliphatic rings. The van der Waals surface area contributed by atoms with Gasteiger partial charge in [0.15, 0.2) is 5.75 Å². The maximum Gasteiger partial charge on any atom is 0.311 e. The number of nitrogens with one attached hydrogen (secondary N) is 2. The van der Waals surface area contributed by atoms with Crippen LogP contribution in [-0.4, -0.2) is 71.5 Å². The Morgan fingerprint density at radius 2 is 1.20 bits per heavy atom. The molecule has 4 bridgehead atoms. The number of benzene rings is 4. The van der Waals surface area contributed by atoms with E-state index in [9.17, 15) is 33.4 Å². The lowest BCUT2D eigenvalue weighted by Crippen LogP contribution is -2.28. The number of aliphatic hydroxyl groups excluding tert-OH is 1. The van der Waals surface area contributed by atoms with E-state index < -0.39 is 33.0 Å². The summed E-state index contributed by atoms with van der Waals surface area (Å²) in [5.74, 6) is -1.42. The molecule has 6 heterocycles. The number of hydrogen-bond donors (Lipinski definition) is 3. The minimum absolute atomic E-state index is 0.0313. The number of rotatable bonds is 8. The first kappa shape index (κ1) is 41.7. The summed E-state index contributed by atoms with van der Waals surface area (Å²) in [6, 6.07) is 13.0. The lowest BCUT2D eigenvalue weighted by atomic mass is 9.98. The molecule has 61 heavy (non-hydrogen) atoms. The van der Waals surface area contributed by atoms with Crippen molar-refractivity contribution in [3.05, 3.63) is 121 Å². The van der Waals surface area contributed by atoms with E-state index >= 15 is 0 Å². The van der Waals surface area contributed by atoms with Crippen molar-refractivity contribution >= 4 is 79.4 Å². The van der Waals surface area contributed by atoms with Crippen molar-refractivity contribution < 1.29 is 42.3 Å². The predicted molar refractivity (Wildman–Crippen MR) is 217 cm³/mol. The standard InChI is InChI=1S/C20H16ClFN4O4.C14H7ClF2N4O2.C6H10O2/c21-13-5-10(1-3-14(13)22)25-20-12-7-16(26(27)28)18(8-15(12)23-9-24-20)30-19-6-11-2-4-17(19)29-11;15-9-3-7(1-2-10(9)16)20-14-8-4-13(21(22)23)11(17)5-12(8)18-6-19-14;7-5-3-4-1-2-6(5)8-4/h1,3,5,7-9,11,17,19H,2,4,6H2,(H,23,24,25);1-6H,(H,18,19,20);4-7H,1-3H2. The summed E-state index contributed by atoms with van der Waals surface area (Å²) >= 11 is 11.5. The average molecular weight is 882 g/mol. The molecule has 0 radical (unpaired) electrons. The van der Waals surface area contributed by atoms with Gasteiger partial charge in [0, 0.05) is 48.5 Å². The molecule has 0 aliphatic carbocycles. The van der Waals surface area contributed by atoms with Gasteiger partial charge in [-0.3, -0.25) is 20.2 Å². The van der Waals surface area contributed by atoms with Gasteiger partial charge in [-0.05, 0) is 62.1 Å². The van der Waals surface area contributed by atoms with Crippen molar-refractivity contribution in [1.29, 1.82) is 0 Å². The number of fused-ring (bicyclic) bond motifs is 6. The van der Waals surface area contributed by atoms with Crippen LogP contribution >= 0.6 is 23.2 Å². The molecule has 3 N–H and O–H groups in total. The third kappa shape index (κ3) is 9.20. The number of nitro benzene ring substituents is 2. The maximum absolute atomic E-state index is 13.6. The fraction of sp³-hybridized carbons (Fsp3) is 0.300.